The minimum atomic E-state index is -3.72. The van der Waals surface area contributed by atoms with Gasteiger partial charge in [-0.1, -0.05) is 18.6 Å². The van der Waals surface area contributed by atoms with Crippen molar-refractivity contribution in [3.63, 3.8) is 0 Å². The summed E-state index contributed by atoms with van der Waals surface area (Å²) in [5.74, 6) is -0.650. The highest BCUT2D eigenvalue weighted by atomic mass is 19.3. The third-order valence-electron chi connectivity index (χ3n) is 4.64. The van der Waals surface area contributed by atoms with E-state index in [0.717, 1.165) is 24.2 Å². The molecule has 4 rings (SSSR count). The Morgan fingerprint density at radius 2 is 1.95 bits per heavy atom. The van der Waals surface area contributed by atoms with Crippen LogP contribution in [0.5, 0.6) is 11.5 Å². The summed E-state index contributed by atoms with van der Waals surface area (Å²) in [7, 11) is 0. The fourth-order valence-corrected chi connectivity index (χ4v) is 3.33. The Morgan fingerprint density at radius 1 is 1.18 bits per heavy atom. The van der Waals surface area contributed by atoms with Gasteiger partial charge in [-0.2, -0.15) is 0 Å². The van der Waals surface area contributed by atoms with Crippen LogP contribution in [0.25, 0.3) is 0 Å². The van der Waals surface area contributed by atoms with Crippen LogP contribution in [0, 0.1) is 5.41 Å². The maximum Gasteiger partial charge on any atom is 0.586 e. The molecule has 2 amide bonds. The van der Waals surface area contributed by atoms with Crippen LogP contribution in [0.4, 0.5) is 8.78 Å². The molecule has 0 radical (unpaired) electrons. The zero-order valence-electron chi connectivity index (χ0n) is 11.6. The van der Waals surface area contributed by atoms with Crippen LogP contribution < -0.4 is 9.47 Å². The molecule has 1 aromatic carbocycles. The fraction of sp³-hybridized carbons (Fsp3) is 0.467. The number of imide groups is 1. The largest absolute Gasteiger partial charge is 0.586 e. The van der Waals surface area contributed by atoms with Gasteiger partial charge >= 0.3 is 6.29 Å². The summed E-state index contributed by atoms with van der Waals surface area (Å²) in [6.07, 6.45) is -1.12. The number of fused-ring (bicyclic) bond motifs is 1. The predicted molar refractivity (Wildman–Crippen MR) is 69.1 cm³/mol. The Balaban J connectivity index is 1.62. The number of para-hydroxylation sites is 1. The highest BCUT2D eigenvalue weighted by Crippen LogP contribution is 2.50. The van der Waals surface area contributed by atoms with E-state index in [4.69, 9.17) is 0 Å². The standard InChI is InChI=1S/C15H13F2NO4/c16-15(17)21-10-4-1-3-9(12(10)22-15)8-18-11(19)7-14(13(18)20)5-2-6-14/h1,3-4H,2,5-8H2. The Hall–Kier alpha value is -2.18. The van der Waals surface area contributed by atoms with Crippen LogP contribution >= 0.6 is 0 Å². The number of halogens is 2. The van der Waals surface area contributed by atoms with Gasteiger partial charge in [-0.25, -0.2) is 0 Å². The van der Waals surface area contributed by atoms with Crippen LogP contribution in [-0.2, 0) is 16.1 Å². The van der Waals surface area contributed by atoms with Crippen molar-refractivity contribution in [2.24, 2.45) is 5.41 Å². The van der Waals surface area contributed by atoms with Crippen LogP contribution in [-0.4, -0.2) is 23.0 Å². The van der Waals surface area contributed by atoms with Crippen molar-refractivity contribution in [3.8, 4) is 11.5 Å². The van der Waals surface area contributed by atoms with Gasteiger partial charge in [0, 0.05) is 12.0 Å². The van der Waals surface area contributed by atoms with Gasteiger partial charge < -0.3 is 9.47 Å². The monoisotopic (exact) mass is 309 g/mol. The first kappa shape index (κ1) is 13.5. The van der Waals surface area contributed by atoms with E-state index in [9.17, 15) is 18.4 Å². The summed E-state index contributed by atoms with van der Waals surface area (Å²) in [5.41, 5.74) is -0.205. The second kappa shape index (κ2) is 4.18. The highest BCUT2D eigenvalue weighted by Gasteiger charge is 2.55. The van der Waals surface area contributed by atoms with Crippen molar-refractivity contribution in [2.45, 2.75) is 38.5 Å². The molecule has 0 atom stereocenters. The summed E-state index contributed by atoms with van der Waals surface area (Å²) in [6, 6.07) is 4.44. The first-order valence-electron chi connectivity index (χ1n) is 7.13. The van der Waals surface area contributed by atoms with Crippen molar-refractivity contribution in [2.75, 3.05) is 0 Å². The number of carbonyl (C=O) groups excluding carboxylic acids is 2. The average Bonchev–Trinajstić information content (AvgIpc) is 2.85. The molecule has 1 saturated heterocycles. The number of carbonyl (C=O) groups is 2. The van der Waals surface area contributed by atoms with Gasteiger partial charge in [0.15, 0.2) is 11.5 Å². The summed E-state index contributed by atoms with van der Waals surface area (Å²) in [4.78, 5) is 25.7. The molecular formula is C15H13F2NO4. The number of rotatable bonds is 2. The normalized spacial score (nSPS) is 24.0. The number of likely N-dealkylation sites (tertiary alicyclic amines) is 1. The summed E-state index contributed by atoms with van der Waals surface area (Å²) < 4.78 is 35.2. The van der Waals surface area contributed by atoms with Crippen molar-refractivity contribution in [1.29, 1.82) is 0 Å². The lowest BCUT2D eigenvalue weighted by molar-refractivity contribution is -0.287. The van der Waals surface area contributed by atoms with E-state index < -0.39 is 11.7 Å². The molecule has 0 aromatic heterocycles. The second-order valence-electron chi connectivity index (χ2n) is 6.01. The summed E-state index contributed by atoms with van der Waals surface area (Å²) in [6.45, 7) is -0.0674. The quantitative estimate of drug-likeness (QED) is 0.787. The molecule has 0 unspecified atom stereocenters. The van der Waals surface area contributed by atoms with Crippen LogP contribution in [0.15, 0.2) is 18.2 Å². The molecule has 1 spiro atoms. The molecule has 7 heteroatoms. The SMILES string of the molecule is O=C1CC2(CCC2)C(=O)N1Cc1cccc2c1OC(F)(F)O2. The lowest BCUT2D eigenvalue weighted by atomic mass is 9.68. The van der Waals surface area contributed by atoms with Gasteiger partial charge in [0.25, 0.3) is 0 Å². The molecule has 2 heterocycles. The minimum Gasteiger partial charge on any atom is -0.395 e. The first-order chi connectivity index (χ1) is 10.4. The van der Waals surface area contributed by atoms with Gasteiger partial charge in [-0.05, 0) is 18.9 Å². The van der Waals surface area contributed by atoms with Gasteiger partial charge in [0.05, 0.1) is 12.0 Å². The molecule has 0 N–H and O–H groups in total. The van der Waals surface area contributed by atoms with E-state index in [1.807, 2.05) is 0 Å². The predicted octanol–water partition coefficient (Wildman–Crippen LogP) is 2.44. The van der Waals surface area contributed by atoms with E-state index >= 15 is 0 Å². The Kier molecular flexibility index (Phi) is 2.56. The lowest BCUT2D eigenvalue weighted by Crippen LogP contribution is -2.39. The lowest BCUT2D eigenvalue weighted by Gasteiger charge is -2.35. The van der Waals surface area contributed by atoms with Gasteiger partial charge in [0.1, 0.15) is 0 Å². The maximum atomic E-state index is 13.2. The summed E-state index contributed by atoms with van der Waals surface area (Å²) >= 11 is 0. The van der Waals surface area contributed by atoms with E-state index in [-0.39, 0.29) is 36.3 Å². The molecule has 2 aliphatic heterocycles. The molecular weight excluding hydrogens is 296 g/mol. The van der Waals surface area contributed by atoms with E-state index in [1.54, 1.807) is 6.07 Å². The molecule has 3 aliphatic rings. The van der Waals surface area contributed by atoms with E-state index in [2.05, 4.69) is 9.47 Å². The smallest absolute Gasteiger partial charge is 0.395 e. The van der Waals surface area contributed by atoms with Crippen molar-refractivity contribution >= 4 is 11.8 Å². The highest BCUT2D eigenvalue weighted by molar-refractivity contribution is 6.06. The molecule has 1 aromatic rings. The molecule has 22 heavy (non-hydrogen) atoms. The van der Waals surface area contributed by atoms with Crippen LogP contribution in [0.2, 0.25) is 0 Å². The van der Waals surface area contributed by atoms with E-state index in [1.165, 1.54) is 12.1 Å². The maximum absolute atomic E-state index is 13.2. The topological polar surface area (TPSA) is 55.8 Å². The number of benzene rings is 1. The minimum absolute atomic E-state index is 0.0674. The van der Waals surface area contributed by atoms with Crippen LogP contribution in [0.3, 0.4) is 0 Å². The Morgan fingerprint density at radius 3 is 2.59 bits per heavy atom. The van der Waals surface area contributed by atoms with Crippen LogP contribution in [0.1, 0.15) is 31.2 Å². The molecule has 116 valence electrons. The van der Waals surface area contributed by atoms with Gasteiger partial charge in [-0.3, -0.25) is 14.5 Å². The van der Waals surface area contributed by atoms with Gasteiger partial charge in [-0.15, -0.1) is 8.78 Å². The molecule has 2 fully saturated rings. The van der Waals surface area contributed by atoms with E-state index in [0.29, 0.717) is 5.56 Å². The van der Waals surface area contributed by atoms with Gasteiger partial charge in [0.2, 0.25) is 11.8 Å². The summed E-state index contributed by atoms with van der Waals surface area (Å²) in [5, 5.41) is 0. The van der Waals surface area contributed by atoms with Crippen molar-refractivity contribution in [3.05, 3.63) is 23.8 Å². The van der Waals surface area contributed by atoms with Crippen molar-refractivity contribution in [1.82, 2.24) is 4.90 Å². The number of hydrogen-bond acceptors (Lipinski definition) is 4. The number of nitrogens with zero attached hydrogens (tertiary/aromatic N) is 1. The third kappa shape index (κ3) is 1.81. The average molecular weight is 309 g/mol. The number of alkyl halides is 2. The molecule has 1 aliphatic carbocycles. The molecule has 5 nitrogen and oxygen atoms in total. The zero-order chi connectivity index (χ0) is 15.5. The molecule has 1 saturated carbocycles. The van der Waals surface area contributed by atoms with Crippen molar-refractivity contribution < 1.29 is 27.8 Å². The number of hydrogen-bond donors (Lipinski definition) is 0. The number of amides is 2. The molecule has 0 bridgehead atoms. The number of ether oxygens (including phenoxy) is 2. The Bertz CT molecular complexity index is 684. The first-order valence-corrected chi connectivity index (χ1v) is 7.13. The third-order valence-corrected chi connectivity index (χ3v) is 4.64. The second-order valence-corrected chi connectivity index (χ2v) is 6.01. The fourth-order valence-electron chi connectivity index (χ4n) is 3.33. The zero-order valence-corrected chi connectivity index (χ0v) is 11.6. The Labute approximate surface area is 124 Å².